The summed E-state index contributed by atoms with van der Waals surface area (Å²) in [5.74, 6) is 0.176. The first-order valence-corrected chi connectivity index (χ1v) is 9.17. The fourth-order valence-electron chi connectivity index (χ4n) is 3.58. The van der Waals surface area contributed by atoms with E-state index in [1.54, 1.807) is 30.3 Å². The van der Waals surface area contributed by atoms with Crippen LogP contribution in [0.25, 0.3) is 22.2 Å². The van der Waals surface area contributed by atoms with E-state index in [9.17, 15) is 9.18 Å². The zero-order valence-electron chi connectivity index (χ0n) is 14.5. The summed E-state index contributed by atoms with van der Waals surface area (Å²) in [5.41, 5.74) is 2.00. The molecule has 134 valence electrons. The number of benzene rings is 2. The molecule has 1 aromatic heterocycles. The highest BCUT2D eigenvalue weighted by Gasteiger charge is 2.18. The Kier molecular flexibility index (Phi) is 4.69. The summed E-state index contributed by atoms with van der Waals surface area (Å²) in [5, 5.41) is 7.96. The summed E-state index contributed by atoms with van der Waals surface area (Å²) < 4.78 is 18.6. The molecule has 4 nitrogen and oxygen atoms in total. The van der Waals surface area contributed by atoms with Crippen LogP contribution in [0.2, 0.25) is 0 Å². The van der Waals surface area contributed by atoms with Gasteiger partial charge in [0.1, 0.15) is 11.3 Å². The van der Waals surface area contributed by atoms with Gasteiger partial charge < -0.3 is 9.84 Å². The van der Waals surface area contributed by atoms with Crippen LogP contribution in [0.1, 0.15) is 48.9 Å². The van der Waals surface area contributed by atoms with E-state index in [1.165, 1.54) is 37.8 Å². The number of carbonyl (C=O) groups excluding carboxylic acids is 1. The van der Waals surface area contributed by atoms with E-state index in [2.05, 4.69) is 10.5 Å². The molecule has 0 radical (unpaired) electrons. The molecule has 26 heavy (non-hydrogen) atoms. The van der Waals surface area contributed by atoms with Crippen LogP contribution in [0.4, 0.5) is 4.39 Å². The lowest BCUT2D eigenvalue weighted by molar-refractivity contribution is 0.0933. The van der Waals surface area contributed by atoms with Gasteiger partial charge in [-0.15, -0.1) is 0 Å². The summed E-state index contributed by atoms with van der Waals surface area (Å²) in [6.45, 7) is 0. The van der Waals surface area contributed by atoms with Crippen molar-refractivity contribution in [1.29, 1.82) is 0 Å². The molecule has 0 spiro atoms. The van der Waals surface area contributed by atoms with Gasteiger partial charge in [-0.2, -0.15) is 0 Å². The molecule has 0 atom stereocenters. The first kappa shape index (κ1) is 16.8. The van der Waals surface area contributed by atoms with Gasteiger partial charge in [0.2, 0.25) is 0 Å². The van der Waals surface area contributed by atoms with Crippen molar-refractivity contribution in [3.63, 3.8) is 0 Å². The molecule has 0 bridgehead atoms. The highest BCUT2D eigenvalue weighted by Crippen LogP contribution is 2.29. The smallest absolute Gasteiger partial charge is 0.251 e. The van der Waals surface area contributed by atoms with Crippen LogP contribution in [0.3, 0.4) is 0 Å². The molecule has 1 amide bonds. The minimum atomic E-state index is -0.305. The number of halogens is 1. The summed E-state index contributed by atoms with van der Waals surface area (Å²) >= 11 is 0. The van der Waals surface area contributed by atoms with E-state index < -0.39 is 0 Å². The van der Waals surface area contributed by atoms with Gasteiger partial charge in [-0.05, 0) is 55.3 Å². The molecule has 4 rings (SSSR count). The van der Waals surface area contributed by atoms with E-state index in [4.69, 9.17) is 4.52 Å². The standard InChI is InChI=1S/C21H21FN2O2/c22-16-10-7-14(8-11-16)20-18-13-15(9-12-19(18)24-26-20)21(25)23-17-5-3-1-2-4-6-17/h7-13,17H,1-6H2,(H,23,25). The molecule has 0 unspecified atom stereocenters. The third-order valence-corrected chi connectivity index (χ3v) is 5.04. The van der Waals surface area contributed by atoms with Crippen molar-refractivity contribution in [3.05, 3.63) is 53.8 Å². The maximum atomic E-state index is 13.2. The van der Waals surface area contributed by atoms with E-state index in [-0.39, 0.29) is 17.8 Å². The van der Waals surface area contributed by atoms with Crippen molar-refractivity contribution >= 4 is 16.8 Å². The van der Waals surface area contributed by atoms with Crippen LogP contribution in [0.5, 0.6) is 0 Å². The lowest BCUT2D eigenvalue weighted by Gasteiger charge is -2.16. The second-order valence-corrected chi connectivity index (χ2v) is 6.91. The van der Waals surface area contributed by atoms with Gasteiger partial charge in [0.05, 0.1) is 5.39 Å². The van der Waals surface area contributed by atoms with Crippen molar-refractivity contribution < 1.29 is 13.7 Å². The second-order valence-electron chi connectivity index (χ2n) is 6.91. The normalized spacial score (nSPS) is 15.7. The maximum Gasteiger partial charge on any atom is 0.251 e. The topological polar surface area (TPSA) is 55.1 Å². The fraction of sp³-hybridized carbons (Fsp3) is 0.333. The number of nitrogens with zero attached hydrogens (tertiary/aromatic N) is 1. The fourth-order valence-corrected chi connectivity index (χ4v) is 3.58. The largest absolute Gasteiger partial charge is 0.355 e. The second kappa shape index (κ2) is 7.28. The number of nitrogens with one attached hydrogen (secondary N) is 1. The predicted molar refractivity (Wildman–Crippen MR) is 98.4 cm³/mol. The number of hydrogen-bond donors (Lipinski definition) is 1. The molecule has 1 fully saturated rings. The Balaban J connectivity index is 1.61. The summed E-state index contributed by atoms with van der Waals surface area (Å²) in [6, 6.07) is 11.7. The third kappa shape index (κ3) is 3.47. The van der Waals surface area contributed by atoms with Crippen molar-refractivity contribution in [1.82, 2.24) is 10.5 Å². The predicted octanol–water partition coefficient (Wildman–Crippen LogP) is 5.09. The van der Waals surface area contributed by atoms with Crippen molar-refractivity contribution in [3.8, 4) is 11.3 Å². The van der Waals surface area contributed by atoms with E-state index in [0.29, 0.717) is 16.8 Å². The molecule has 2 aromatic carbocycles. The molecular formula is C21H21FN2O2. The average molecular weight is 352 g/mol. The zero-order chi connectivity index (χ0) is 17.9. The molecule has 1 aliphatic carbocycles. The molecular weight excluding hydrogens is 331 g/mol. The van der Waals surface area contributed by atoms with Crippen LogP contribution < -0.4 is 5.32 Å². The van der Waals surface area contributed by atoms with E-state index in [0.717, 1.165) is 23.8 Å². The Morgan fingerprint density at radius 3 is 2.50 bits per heavy atom. The van der Waals surface area contributed by atoms with Crippen molar-refractivity contribution in [2.75, 3.05) is 0 Å². The Morgan fingerprint density at radius 2 is 1.77 bits per heavy atom. The minimum absolute atomic E-state index is 0.0648. The van der Waals surface area contributed by atoms with Gasteiger partial charge in [-0.25, -0.2) is 4.39 Å². The van der Waals surface area contributed by atoms with Crippen molar-refractivity contribution in [2.45, 2.75) is 44.6 Å². The lowest BCUT2D eigenvalue weighted by Crippen LogP contribution is -2.34. The van der Waals surface area contributed by atoms with Gasteiger partial charge in [-0.3, -0.25) is 4.79 Å². The number of amides is 1. The monoisotopic (exact) mass is 352 g/mol. The minimum Gasteiger partial charge on any atom is -0.355 e. The highest BCUT2D eigenvalue weighted by atomic mass is 19.1. The van der Waals surface area contributed by atoms with E-state index >= 15 is 0 Å². The lowest BCUT2D eigenvalue weighted by atomic mass is 10.0. The Labute approximate surface area is 151 Å². The number of rotatable bonds is 3. The van der Waals surface area contributed by atoms with Crippen LogP contribution >= 0.6 is 0 Å². The van der Waals surface area contributed by atoms with Crippen LogP contribution in [-0.2, 0) is 0 Å². The first-order valence-electron chi connectivity index (χ1n) is 9.17. The third-order valence-electron chi connectivity index (χ3n) is 5.04. The molecule has 1 heterocycles. The van der Waals surface area contributed by atoms with E-state index in [1.807, 2.05) is 0 Å². The van der Waals surface area contributed by atoms with Gasteiger partial charge in [-0.1, -0.05) is 30.8 Å². The highest BCUT2D eigenvalue weighted by molar-refractivity contribution is 6.01. The van der Waals surface area contributed by atoms with Gasteiger partial charge in [0, 0.05) is 17.2 Å². The summed E-state index contributed by atoms with van der Waals surface area (Å²) in [4.78, 5) is 12.7. The number of fused-ring (bicyclic) bond motifs is 1. The molecule has 0 aliphatic heterocycles. The average Bonchev–Trinajstić information content (AvgIpc) is 2.90. The zero-order valence-corrected chi connectivity index (χ0v) is 14.5. The van der Waals surface area contributed by atoms with Crippen LogP contribution in [0, 0.1) is 5.82 Å². The molecule has 0 saturated heterocycles. The molecule has 1 saturated carbocycles. The molecule has 3 aromatic rings. The number of hydrogen-bond acceptors (Lipinski definition) is 3. The first-order chi connectivity index (χ1) is 12.7. The summed E-state index contributed by atoms with van der Waals surface area (Å²) in [7, 11) is 0. The Hall–Kier alpha value is -2.69. The van der Waals surface area contributed by atoms with Gasteiger partial charge in [0.25, 0.3) is 5.91 Å². The quantitative estimate of drug-likeness (QED) is 0.668. The summed E-state index contributed by atoms with van der Waals surface area (Å²) in [6.07, 6.45) is 6.93. The van der Waals surface area contributed by atoms with Crippen molar-refractivity contribution in [2.24, 2.45) is 0 Å². The molecule has 5 heteroatoms. The number of aromatic nitrogens is 1. The molecule has 1 N–H and O–H groups in total. The van der Waals surface area contributed by atoms with Crippen LogP contribution in [-0.4, -0.2) is 17.1 Å². The van der Waals surface area contributed by atoms with Crippen LogP contribution in [0.15, 0.2) is 47.0 Å². The van der Waals surface area contributed by atoms with Gasteiger partial charge in [0.15, 0.2) is 5.76 Å². The van der Waals surface area contributed by atoms with Gasteiger partial charge >= 0.3 is 0 Å². The SMILES string of the molecule is O=C(NC1CCCCCC1)c1ccc2noc(-c3ccc(F)cc3)c2c1. The number of carbonyl (C=O) groups is 1. The molecule has 1 aliphatic rings. The maximum absolute atomic E-state index is 13.2. The Bertz CT molecular complexity index is 909. The Morgan fingerprint density at radius 1 is 1.04 bits per heavy atom.